The lowest BCUT2D eigenvalue weighted by Crippen LogP contribution is -2.56. The van der Waals surface area contributed by atoms with Crippen LogP contribution in [0.15, 0.2) is 0 Å². The van der Waals surface area contributed by atoms with Gasteiger partial charge >= 0.3 is 12.0 Å². The maximum atomic E-state index is 12.4. The first kappa shape index (κ1) is 14.6. The third kappa shape index (κ3) is 3.15. The molecule has 21 heavy (non-hydrogen) atoms. The molecule has 3 aliphatic rings. The van der Waals surface area contributed by atoms with Crippen molar-refractivity contribution >= 4 is 12.0 Å². The van der Waals surface area contributed by atoms with E-state index in [0.717, 1.165) is 32.2 Å². The van der Waals surface area contributed by atoms with Gasteiger partial charge in [-0.2, -0.15) is 0 Å². The molecule has 0 spiro atoms. The van der Waals surface area contributed by atoms with Gasteiger partial charge in [0, 0.05) is 25.2 Å². The van der Waals surface area contributed by atoms with Gasteiger partial charge in [-0.1, -0.05) is 0 Å². The van der Waals surface area contributed by atoms with Crippen LogP contribution >= 0.6 is 0 Å². The summed E-state index contributed by atoms with van der Waals surface area (Å²) in [5, 5.41) is 12.3. The number of hydrogen-bond acceptors (Lipinski definition) is 3. The Bertz CT molecular complexity index is 415. The second kappa shape index (κ2) is 6.22. The Kier molecular flexibility index (Phi) is 4.33. The predicted octanol–water partition coefficient (Wildman–Crippen LogP) is 1.26. The molecule has 3 aliphatic heterocycles. The van der Waals surface area contributed by atoms with Crippen molar-refractivity contribution in [3.8, 4) is 0 Å². The average Bonchev–Trinajstić information content (AvgIpc) is 2.94. The summed E-state index contributed by atoms with van der Waals surface area (Å²) in [6.45, 7) is 2.81. The summed E-state index contributed by atoms with van der Waals surface area (Å²) in [6.07, 6.45) is 6.85. The fourth-order valence-electron chi connectivity index (χ4n) is 4.04. The Labute approximate surface area is 125 Å². The maximum Gasteiger partial charge on any atom is 0.326 e. The summed E-state index contributed by atoms with van der Waals surface area (Å²) in [5.74, 6) is -0.879. The molecule has 6 heteroatoms. The number of carboxylic acid groups (broad SMARTS) is 1. The molecule has 0 aromatic heterocycles. The number of nitrogens with zero attached hydrogens (tertiary/aromatic N) is 2. The Morgan fingerprint density at radius 3 is 2.67 bits per heavy atom. The minimum absolute atomic E-state index is 0.182. The van der Waals surface area contributed by atoms with E-state index in [4.69, 9.17) is 0 Å². The van der Waals surface area contributed by atoms with Crippen molar-refractivity contribution in [1.29, 1.82) is 0 Å². The molecule has 2 amide bonds. The Morgan fingerprint density at radius 2 is 1.86 bits per heavy atom. The van der Waals surface area contributed by atoms with E-state index in [1.54, 1.807) is 0 Å². The third-order valence-corrected chi connectivity index (χ3v) is 5.20. The Hall–Kier alpha value is -1.30. The first-order valence-corrected chi connectivity index (χ1v) is 8.19. The van der Waals surface area contributed by atoms with E-state index in [1.807, 2.05) is 0 Å². The zero-order chi connectivity index (χ0) is 14.8. The molecule has 0 aromatic carbocycles. The molecule has 3 atom stereocenters. The molecule has 0 aliphatic carbocycles. The number of amides is 2. The third-order valence-electron chi connectivity index (χ3n) is 5.20. The van der Waals surface area contributed by atoms with Crippen LogP contribution in [0.25, 0.3) is 0 Å². The summed E-state index contributed by atoms with van der Waals surface area (Å²) in [7, 11) is 0. The van der Waals surface area contributed by atoms with Crippen LogP contribution in [0.3, 0.4) is 0 Å². The van der Waals surface area contributed by atoms with Crippen LogP contribution in [0.4, 0.5) is 4.79 Å². The number of likely N-dealkylation sites (tertiary alicyclic amines) is 1. The van der Waals surface area contributed by atoms with Crippen molar-refractivity contribution in [3.63, 3.8) is 0 Å². The molecule has 6 nitrogen and oxygen atoms in total. The molecule has 3 fully saturated rings. The van der Waals surface area contributed by atoms with Crippen molar-refractivity contribution in [2.24, 2.45) is 0 Å². The lowest BCUT2D eigenvalue weighted by atomic mass is 9.97. The normalized spacial score (nSPS) is 33.5. The Morgan fingerprint density at radius 1 is 1.00 bits per heavy atom. The van der Waals surface area contributed by atoms with Crippen molar-refractivity contribution < 1.29 is 14.7 Å². The summed E-state index contributed by atoms with van der Waals surface area (Å²) in [4.78, 5) is 27.7. The quantitative estimate of drug-likeness (QED) is 0.804. The molecule has 0 bridgehead atoms. The zero-order valence-electron chi connectivity index (χ0n) is 12.5. The van der Waals surface area contributed by atoms with Gasteiger partial charge in [0.1, 0.15) is 6.04 Å². The van der Waals surface area contributed by atoms with Gasteiger partial charge in [0.05, 0.1) is 0 Å². The van der Waals surface area contributed by atoms with Gasteiger partial charge in [-0.05, 0) is 51.5 Å². The summed E-state index contributed by atoms with van der Waals surface area (Å²) < 4.78 is 0. The van der Waals surface area contributed by atoms with Crippen molar-refractivity contribution in [2.75, 3.05) is 19.6 Å². The Balaban J connectivity index is 1.56. The van der Waals surface area contributed by atoms with E-state index in [0.29, 0.717) is 19.0 Å². The number of aliphatic carboxylic acids is 1. The highest BCUT2D eigenvalue weighted by molar-refractivity contribution is 5.83. The monoisotopic (exact) mass is 295 g/mol. The van der Waals surface area contributed by atoms with Gasteiger partial charge in [-0.3, -0.25) is 0 Å². The summed E-state index contributed by atoms with van der Waals surface area (Å²) in [5.41, 5.74) is 0. The number of piperidine rings is 2. The maximum absolute atomic E-state index is 12.4. The highest BCUT2D eigenvalue weighted by Gasteiger charge is 2.35. The van der Waals surface area contributed by atoms with E-state index in [-0.39, 0.29) is 12.1 Å². The molecule has 2 N–H and O–H groups in total. The lowest BCUT2D eigenvalue weighted by molar-refractivity contribution is -0.143. The van der Waals surface area contributed by atoms with Crippen LogP contribution in [-0.2, 0) is 4.79 Å². The molecule has 0 aromatic rings. The van der Waals surface area contributed by atoms with E-state index < -0.39 is 12.0 Å². The molecule has 3 heterocycles. The average molecular weight is 295 g/mol. The van der Waals surface area contributed by atoms with Gasteiger partial charge in [0.2, 0.25) is 0 Å². The predicted molar refractivity (Wildman–Crippen MR) is 78.1 cm³/mol. The summed E-state index contributed by atoms with van der Waals surface area (Å²) >= 11 is 0. The fourth-order valence-corrected chi connectivity index (χ4v) is 4.04. The van der Waals surface area contributed by atoms with E-state index in [1.165, 1.54) is 24.3 Å². The molecular weight excluding hydrogens is 270 g/mol. The number of hydrogen-bond donors (Lipinski definition) is 2. The fraction of sp³-hybridized carbons (Fsp3) is 0.867. The number of carboxylic acids is 1. The lowest BCUT2D eigenvalue weighted by Gasteiger charge is -2.38. The molecule has 118 valence electrons. The standard InChI is InChI=1S/C15H25N3O3/c19-14(20)13-5-1-2-8-18(13)15(21)16-11-6-9-17-7-3-4-12(17)10-11/h11-13H,1-10H2,(H,16,21)(H,19,20). The molecule has 0 saturated carbocycles. The topological polar surface area (TPSA) is 72.9 Å². The number of urea groups is 1. The van der Waals surface area contributed by atoms with Gasteiger partial charge in [-0.25, -0.2) is 9.59 Å². The molecular formula is C15H25N3O3. The number of rotatable bonds is 2. The van der Waals surface area contributed by atoms with Crippen LogP contribution in [0.5, 0.6) is 0 Å². The number of fused-ring (bicyclic) bond motifs is 1. The van der Waals surface area contributed by atoms with Crippen molar-refractivity contribution in [2.45, 2.75) is 63.1 Å². The number of carbonyl (C=O) groups excluding carboxylic acids is 1. The van der Waals surface area contributed by atoms with Crippen LogP contribution < -0.4 is 5.32 Å². The first-order valence-electron chi connectivity index (χ1n) is 8.19. The number of carbonyl (C=O) groups is 2. The molecule has 0 radical (unpaired) electrons. The minimum atomic E-state index is -0.879. The van der Waals surface area contributed by atoms with Crippen LogP contribution in [0.2, 0.25) is 0 Å². The second-order valence-electron chi connectivity index (χ2n) is 6.55. The van der Waals surface area contributed by atoms with Gasteiger partial charge in [-0.15, -0.1) is 0 Å². The van der Waals surface area contributed by atoms with Gasteiger partial charge < -0.3 is 20.2 Å². The largest absolute Gasteiger partial charge is 0.480 e. The highest BCUT2D eigenvalue weighted by atomic mass is 16.4. The van der Waals surface area contributed by atoms with E-state index in [9.17, 15) is 14.7 Å². The molecule has 3 saturated heterocycles. The van der Waals surface area contributed by atoms with Crippen LogP contribution in [-0.4, -0.2) is 64.7 Å². The highest BCUT2D eigenvalue weighted by Crippen LogP contribution is 2.27. The first-order chi connectivity index (χ1) is 10.1. The SMILES string of the molecule is O=C(O)C1CCCCN1C(=O)NC1CCN2CCCC2C1. The van der Waals surface area contributed by atoms with Gasteiger partial charge in [0.15, 0.2) is 0 Å². The smallest absolute Gasteiger partial charge is 0.326 e. The van der Waals surface area contributed by atoms with Gasteiger partial charge in [0.25, 0.3) is 0 Å². The number of nitrogens with one attached hydrogen (secondary N) is 1. The second-order valence-corrected chi connectivity index (χ2v) is 6.55. The van der Waals surface area contributed by atoms with Crippen molar-refractivity contribution in [3.05, 3.63) is 0 Å². The zero-order valence-corrected chi connectivity index (χ0v) is 12.5. The van der Waals surface area contributed by atoms with Crippen LogP contribution in [0, 0.1) is 0 Å². The minimum Gasteiger partial charge on any atom is -0.480 e. The van der Waals surface area contributed by atoms with E-state index in [2.05, 4.69) is 10.2 Å². The van der Waals surface area contributed by atoms with Crippen LogP contribution in [0.1, 0.15) is 44.9 Å². The van der Waals surface area contributed by atoms with E-state index >= 15 is 0 Å². The molecule has 3 unspecified atom stereocenters. The summed E-state index contributed by atoms with van der Waals surface area (Å²) in [6, 6.07) is -0.0160. The molecule has 3 rings (SSSR count). The van der Waals surface area contributed by atoms with Crippen molar-refractivity contribution in [1.82, 2.24) is 15.1 Å².